The molecule has 2 aromatic carbocycles. The number of hydrogen-bond acceptors (Lipinski definition) is 2. The number of imide groups is 1. The minimum atomic E-state index is -0.205. The van der Waals surface area contributed by atoms with Gasteiger partial charge in [0.25, 0.3) is 11.8 Å². The van der Waals surface area contributed by atoms with Gasteiger partial charge in [-0.15, -0.1) is 0 Å². The predicted octanol–water partition coefficient (Wildman–Crippen LogP) is 4.33. The Hall–Kier alpha value is -2.40. The van der Waals surface area contributed by atoms with E-state index < -0.39 is 0 Å². The van der Waals surface area contributed by atoms with Crippen LogP contribution in [0.25, 0.3) is 10.9 Å². The van der Waals surface area contributed by atoms with Gasteiger partial charge in [-0.3, -0.25) is 14.5 Å². The Kier molecular flexibility index (Phi) is 3.53. The molecule has 0 fully saturated rings. The number of nitrogens with one attached hydrogen (secondary N) is 1. The first kappa shape index (κ1) is 15.1. The van der Waals surface area contributed by atoms with Gasteiger partial charge in [0.2, 0.25) is 0 Å². The number of fused-ring (bicyclic) bond motifs is 2. The largest absolute Gasteiger partial charge is 0.361 e. The molecular formula is C19H15BrN2O2. The SMILES string of the molecule is CC(CN1C(=O)c2ccccc2C1=O)c1c[nH]c2ccc(Br)cc12. The van der Waals surface area contributed by atoms with Gasteiger partial charge in [-0.05, 0) is 35.9 Å². The highest BCUT2D eigenvalue weighted by molar-refractivity contribution is 9.10. The van der Waals surface area contributed by atoms with Crippen molar-refractivity contribution in [3.05, 3.63) is 69.8 Å². The van der Waals surface area contributed by atoms with Crippen molar-refractivity contribution in [1.82, 2.24) is 9.88 Å². The Labute approximate surface area is 147 Å². The number of H-pyrrole nitrogens is 1. The van der Waals surface area contributed by atoms with E-state index >= 15 is 0 Å². The number of aromatic amines is 1. The molecular weight excluding hydrogens is 368 g/mol. The summed E-state index contributed by atoms with van der Waals surface area (Å²) in [6.45, 7) is 2.40. The van der Waals surface area contributed by atoms with Crippen molar-refractivity contribution in [2.45, 2.75) is 12.8 Å². The summed E-state index contributed by atoms with van der Waals surface area (Å²) in [6.07, 6.45) is 1.96. The first-order valence-electron chi connectivity index (χ1n) is 7.78. The maximum atomic E-state index is 12.5. The lowest BCUT2D eigenvalue weighted by Gasteiger charge is -2.19. The Balaban J connectivity index is 1.65. The fraction of sp³-hybridized carbons (Fsp3) is 0.158. The van der Waals surface area contributed by atoms with Crippen LogP contribution in [0.4, 0.5) is 0 Å². The fourth-order valence-corrected chi connectivity index (χ4v) is 3.66. The van der Waals surface area contributed by atoms with E-state index in [1.165, 1.54) is 4.90 Å². The summed E-state index contributed by atoms with van der Waals surface area (Å²) >= 11 is 3.49. The molecule has 120 valence electrons. The van der Waals surface area contributed by atoms with Gasteiger partial charge in [0.1, 0.15) is 0 Å². The smallest absolute Gasteiger partial charge is 0.261 e. The second-order valence-electron chi connectivity index (χ2n) is 6.10. The molecule has 0 saturated carbocycles. The highest BCUT2D eigenvalue weighted by Gasteiger charge is 2.36. The highest BCUT2D eigenvalue weighted by Crippen LogP contribution is 2.31. The highest BCUT2D eigenvalue weighted by atomic mass is 79.9. The standard InChI is InChI=1S/C19H15BrN2O2/c1-11(16-9-21-17-7-6-12(20)8-15(16)17)10-22-18(23)13-4-2-3-5-14(13)19(22)24/h2-9,11,21H,10H2,1H3. The van der Waals surface area contributed by atoms with Crippen molar-refractivity contribution >= 4 is 38.6 Å². The van der Waals surface area contributed by atoms with Gasteiger partial charge in [-0.1, -0.05) is 35.0 Å². The third kappa shape index (κ3) is 2.27. The molecule has 1 unspecified atom stereocenters. The van der Waals surface area contributed by atoms with Crippen LogP contribution in [0.1, 0.15) is 39.1 Å². The van der Waals surface area contributed by atoms with Gasteiger partial charge < -0.3 is 4.98 Å². The predicted molar refractivity (Wildman–Crippen MR) is 96.2 cm³/mol. The molecule has 4 nitrogen and oxygen atoms in total. The average molecular weight is 383 g/mol. The van der Waals surface area contributed by atoms with E-state index in [1.807, 2.05) is 25.3 Å². The van der Waals surface area contributed by atoms with Crippen LogP contribution in [0.2, 0.25) is 0 Å². The Morgan fingerprint density at radius 3 is 2.42 bits per heavy atom. The van der Waals surface area contributed by atoms with Crippen LogP contribution in [0.5, 0.6) is 0 Å². The lowest BCUT2D eigenvalue weighted by Crippen LogP contribution is -2.33. The maximum Gasteiger partial charge on any atom is 0.261 e. The van der Waals surface area contributed by atoms with Gasteiger partial charge in [0, 0.05) is 34.0 Å². The van der Waals surface area contributed by atoms with Crippen molar-refractivity contribution < 1.29 is 9.59 Å². The maximum absolute atomic E-state index is 12.5. The summed E-state index contributed by atoms with van der Waals surface area (Å²) in [5, 5.41) is 1.11. The topological polar surface area (TPSA) is 53.2 Å². The molecule has 0 aliphatic carbocycles. The molecule has 0 bridgehead atoms. The number of carbonyl (C=O) groups is 2. The van der Waals surface area contributed by atoms with E-state index in [2.05, 4.69) is 27.0 Å². The molecule has 1 aliphatic heterocycles. The summed E-state index contributed by atoms with van der Waals surface area (Å²) in [6, 6.07) is 13.0. The van der Waals surface area contributed by atoms with Gasteiger partial charge in [-0.25, -0.2) is 0 Å². The Morgan fingerprint density at radius 2 is 1.75 bits per heavy atom. The quantitative estimate of drug-likeness (QED) is 0.685. The molecule has 3 aromatic rings. The molecule has 1 N–H and O–H groups in total. The fourth-order valence-electron chi connectivity index (χ4n) is 3.30. The summed E-state index contributed by atoms with van der Waals surface area (Å²) in [4.78, 5) is 29.6. The van der Waals surface area contributed by atoms with Crippen LogP contribution in [-0.4, -0.2) is 28.2 Å². The Morgan fingerprint density at radius 1 is 1.08 bits per heavy atom. The number of benzene rings is 2. The molecule has 24 heavy (non-hydrogen) atoms. The van der Waals surface area contributed by atoms with Gasteiger partial charge in [0.05, 0.1) is 11.1 Å². The van der Waals surface area contributed by atoms with Gasteiger partial charge in [-0.2, -0.15) is 0 Å². The second kappa shape index (κ2) is 5.60. The van der Waals surface area contributed by atoms with Crippen molar-refractivity contribution in [3.63, 3.8) is 0 Å². The zero-order valence-electron chi connectivity index (χ0n) is 13.0. The number of aromatic nitrogens is 1. The molecule has 1 atom stereocenters. The van der Waals surface area contributed by atoms with E-state index in [1.54, 1.807) is 24.3 Å². The number of halogens is 1. The zero-order chi connectivity index (χ0) is 16.8. The van der Waals surface area contributed by atoms with Crippen LogP contribution in [0, 0.1) is 0 Å². The number of rotatable bonds is 3. The molecule has 0 saturated heterocycles. The molecule has 5 heteroatoms. The van der Waals surface area contributed by atoms with E-state index in [0.29, 0.717) is 17.7 Å². The number of hydrogen-bond donors (Lipinski definition) is 1. The van der Waals surface area contributed by atoms with Crippen molar-refractivity contribution in [2.75, 3.05) is 6.54 Å². The second-order valence-corrected chi connectivity index (χ2v) is 7.02. The number of amides is 2. The third-order valence-corrected chi connectivity index (χ3v) is 5.03. The first-order chi connectivity index (χ1) is 11.6. The van der Waals surface area contributed by atoms with Crippen molar-refractivity contribution in [3.8, 4) is 0 Å². The van der Waals surface area contributed by atoms with Crippen LogP contribution >= 0.6 is 15.9 Å². The van der Waals surface area contributed by atoms with Gasteiger partial charge >= 0.3 is 0 Å². The minimum Gasteiger partial charge on any atom is -0.361 e. The monoisotopic (exact) mass is 382 g/mol. The van der Waals surface area contributed by atoms with E-state index in [-0.39, 0.29) is 17.7 Å². The Bertz CT molecular complexity index is 941. The zero-order valence-corrected chi connectivity index (χ0v) is 14.6. The molecule has 1 aliphatic rings. The van der Waals surface area contributed by atoms with Crippen molar-refractivity contribution in [1.29, 1.82) is 0 Å². The summed E-state index contributed by atoms with van der Waals surface area (Å²) in [5.41, 5.74) is 3.14. The number of nitrogens with zero attached hydrogens (tertiary/aromatic N) is 1. The average Bonchev–Trinajstić information content (AvgIpc) is 3.10. The normalized spacial score (nSPS) is 15.2. The summed E-state index contributed by atoms with van der Waals surface area (Å²) in [5.74, 6) is -0.373. The van der Waals surface area contributed by atoms with Crippen LogP contribution in [0.15, 0.2) is 53.1 Å². The molecule has 0 radical (unpaired) electrons. The minimum absolute atomic E-state index is 0.0373. The molecule has 2 heterocycles. The summed E-state index contributed by atoms with van der Waals surface area (Å²) < 4.78 is 1.00. The lowest BCUT2D eigenvalue weighted by molar-refractivity contribution is 0.0646. The van der Waals surface area contributed by atoms with Crippen molar-refractivity contribution in [2.24, 2.45) is 0 Å². The van der Waals surface area contributed by atoms with Crippen LogP contribution in [-0.2, 0) is 0 Å². The lowest BCUT2D eigenvalue weighted by atomic mass is 10.00. The van der Waals surface area contributed by atoms with Gasteiger partial charge in [0.15, 0.2) is 0 Å². The van der Waals surface area contributed by atoms with Crippen LogP contribution in [0.3, 0.4) is 0 Å². The summed E-state index contributed by atoms with van der Waals surface area (Å²) in [7, 11) is 0. The molecule has 2 amide bonds. The first-order valence-corrected chi connectivity index (χ1v) is 8.57. The number of carbonyl (C=O) groups excluding carboxylic acids is 2. The molecule has 4 rings (SSSR count). The van der Waals surface area contributed by atoms with E-state index in [9.17, 15) is 9.59 Å². The van der Waals surface area contributed by atoms with E-state index in [4.69, 9.17) is 0 Å². The van der Waals surface area contributed by atoms with Crippen LogP contribution < -0.4 is 0 Å². The van der Waals surface area contributed by atoms with E-state index in [0.717, 1.165) is 20.9 Å². The third-order valence-electron chi connectivity index (χ3n) is 4.54. The molecule has 0 spiro atoms. The molecule has 1 aromatic heterocycles.